The van der Waals surface area contributed by atoms with E-state index in [0.29, 0.717) is 17.5 Å². The van der Waals surface area contributed by atoms with Crippen molar-refractivity contribution in [1.82, 2.24) is 14.8 Å². The summed E-state index contributed by atoms with van der Waals surface area (Å²) in [5.41, 5.74) is 2.66. The highest BCUT2D eigenvalue weighted by Crippen LogP contribution is 2.28. The lowest BCUT2D eigenvalue weighted by Crippen LogP contribution is -2.23. The van der Waals surface area contributed by atoms with E-state index in [0.717, 1.165) is 15.6 Å². The monoisotopic (exact) mass is 425 g/mol. The molecular weight excluding hydrogens is 410 g/mol. The maximum absolute atomic E-state index is 12.4. The Balaban J connectivity index is 1.51. The third-order valence-electron chi connectivity index (χ3n) is 4.28. The number of aryl methyl sites for hydroxylation is 1. The van der Waals surface area contributed by atoms with Crippen molar-refractivity contribution in [3.8, 4) is 11.4 Å². The Morgan fingerprint density at radius 3 is 2.59 bits per heavy atom. The maximum Gasteiger partial charge on any atom is 0.252 e. The molecule has 4 rings (SSSR count). The molecule has 0 radical (unpaired) electrons. The van der Waals surface area contributed by atoms with Gasteiger partial charge in [-0.3, -0.25) is 14.9 Å². The zero-order valence-corrected chi connectivity index (χ0v) is 16.0. The Labute approximate surface area is 163 Å². The Hall–Kier alpha value is -3.00. The minimum Gasteiger partial charge on any atom is -0.326 e. The van der Waals surface area contributed by atoms with E-state index in [1.807, 2.05) is 43.3 Å². The van der Waals surface area contributed by atoms with E-state index in [2.05, 4.69) is 36.6 Å². The molecule has 0 fully saturated rings. The van der Waals surface area contributed by atoms with E-state index in [9.17, 15) is 9.59 Å². The van der Waals surface area contributed by atoms with E-state index in [1.54, 1.807) is 12.1 Å². The summed E-state index contributed by atoms with van der Waals surface area (Å²) < 4.78 is 2.41. The average molecular weight is 426 g/mol. The number of amides is 2. The number of hydrogen-bond donors (Lipinski definition) is 2. The number of rotatable bonds is 4. The minimum atomic E-state index is -0.720. The summed E-state index contributed by atoms with van der Waals surface area (Å²) >= 11 is 3.35. The number of nitrogens with one attached hydrogen (secondary N) is 2. The number of hydrogen-bond acceptors (Lipinski definition) is 4. The normalized spacial score (nSPS) is 15.3. The number of anilines is 2. The maximum atomic E-state index is 12.4. The van der Waals surface area contributed by atoms with Crippen LogP contribution in [0.4, 0.5) is 11.6 Å². The number of carbonyl (C=O) groups excluding carboxylic acids is 2. The summed E-state index contributed by atoms with van der Waals surface area (Å²) in [6.45, 7) is 2.00. The van der Waals surface area contributed by atoms with Crippen LogP contribution in [0.2, 0.25) is 0 Å². The van der Waals surface area contributed by atoms with Crippen molar-refractivity contribution >= 4 is 39.4 Å². The second-order valence-corrected chi connectivity index (χ2v) is 7.25. The number of carbonyl (C=O) groups is 2. The van der Waals surface area contributed by atoms with Gasteiger partial charge in [0.05, 0.1) is 6.42 Å². The largest absolute Gasteiger partial charge is 0.326 e. The first-order chi connectivity index (χ1) is 13.0. The highest BCUT2D eigenvalue weighted by Gasteiger charge is 2.35. The average Bonchev–Trinajstić information content (AvgIpc) is 3.17. The topological polar surface area (TPSA) is 88.9 Å². The van der Waals surface area contributed by atoms with Gasteiger partial charge in [0.15, 0.2) is 5.82 Å². The predicted molar refractivity (Wildman–Crippen MR) is 105 cm³/mol. The molecule has 1 aromatic heterocycles. The van der Waals surface area contributed by atoms with Crippen LogP contribution < -0.4 is 10.6 Å². The number of halogens is 1. The third kappa shape index (κ3) is 3.61. The van der Waals surface area contributed by atoms with Crippen molar-refractivity contribution in [2.75, 3.05) is 10.6 Å². The van der Waals surface area contributed by atoms with Crippen molar-refractivity contribution in [3.63, 3.8) is 0 Å². The third-order valence-corrected chi connectivity index (χ3v) is 4.81. The van der Waals surface area contributed by atoms with Crippen LogP contribution in [0.15, 0.2) is 53.0 Å². The fourth-order valence-corrected chi connectivity index (χ4v) is 3.12. The van der Waals surface area contributed by atoms with E-state index in [1.165, 1.54) is 4.68 Å². The Morgan fingerprint density at radius 1 is 1.19 bits per heavy atom. The molecule has 2 N–H and O–H groups in total. The zero-order valence-electron chi connectivity index (χ0n) is 14.4. The van der Waals surface area contributed by atoms with Gasteiger partial charge in [-0.25, -0.2) is 4.68 Å². The summed E-state index contributed by atoms with van der Waals surface area (Å²) in [5.74, 6) is 0.324. The molecule has 0 spiro atoms. The fourth-order valence-electron chi connectivity index (χ4n) is 2.86. The van der Waals surface area contributed by atoms with Gasteiger partial charge in [-0.15, -0.1) is 5.10 Å². The number of benzene rings is 2. The Bertz CT molecular complexity index is 1010. The van der Waals surface area contributed by atoms with Crippen LogP contribution in [-0.2, 0) is 9.59 Å². The van der Waals surface area contributed by atoms with Crippen LogP contribution in [-0.4, -0.2) is 26.6 Å². The molecule has 1 atom stereocenters. The van der Waals surface area contributed by atoms with Crippen molar-refractivity contribution in [3.05, 3.63) is 58.6 Å². The first-order valence-corrected chi connectivity index (χ1v) is 9.19. The quantitative estimate of drug-likeness (QED) is 0.668. The molecule has 0 unspecified atom stereocenters. The van der Waals surface area contributed by atoms with Gasteiger partial charge >= 0.3 is 0 Å². The van der Waals surface area contributed by atoms with Crippen molar-refractivity contribution in [2.24, 2.45) is 0 Å². The molecule has 0 aliphatic carbocycles. The van der Waals surface area contributed by atoms with Crippen LogP contribution in [0.1, 0.15) is 18.0 Å². The molecular formula is C19H16BrN5O2. The molecule has 2 amide bonds. The second kappa shape index (κ2) is 6.96. The summed E-state index contributed by atoms with van der Waals surface area (Å²) in [4.78, 5) is 29.0. The van der Waals surface area contributed by atoms with E-state index < -0.39 is 6.04 Å². The van der Waals surface area contributed by atoms with Gasteiger partial charge in [0.2, 0.25) is 11.9 Å². The number of nitrogens with zero attached hydrogens (tertiary/aromatic N) is 3. The lowest BCUT2D eigenvalue weighted by atomic mass is 10.1. The van der Waals surface area contributed by atoms with Crippen LogP contribution in [0.3, 0.4) is 0 Å². The number of fused-ring (bicyclic) bond motifs is 1. The fraction of sp³-hybridized carbons (Fsp3) is 0.158. The summed E-state index contributed by atoms with van der Waals surface area (Å²) in [7, 11) is 0. The Morgan fingerprint density at radius 2 is 1.89 bits per heavy atom. The van der Waals surface area contributed by atoms with E-state index >= 15 is 0 Å². The minimum absolute atomic E-state index is 0.0222. The van der Waals surface area contributed by atoms with Crippen molar-refractivity contribution in [1.29, 1.82) is 0 Å². The van der Waals surface area contributed by atoms with Gasteiger partial charge in [-0.05, 0) is 31.2 Å². The standard InChI is InChI=1S/C19H16BrN5O2/c1-11-2-4-12(5-3-11)17-22-19-23-18(27)15(25(19)24-17)10-16(26)21-14-8-6-13(20)7-9-14/h2-9,15H,10H2,1H3,(H,21,26)(H,22,23,24,27)/t15-/m1/s1. The zero-order chi connectivity index (χ0) is 19.0. The van der Waals surface area contributed by atoms with Gasteiger partial charge in [-0.1, -0.05) is 45.8 Å². The van der Waals surface area contributed by atoms with E-state index in [-0.39, 0.29) is 18.2 Å². The summed E-state index contributed by atoms with van der Waals surface area (Å²) in [5, 5.41) is 9.91. The molecule has 0 saturated carbocycles. The SMILES string of the molecule is Cc1ccc(-c2nc3n(n2)[C@H](CC(=O)Nc2ccc(Br)cc2)C(=O)N3)cc1. The molecule has 7 nitrogen and oxygen atoms in total. The van der Waals surface area contributed by atoms with E-state index in [4.69, 9.17) is 0 Å². The lowest BCUT2D eigenvalue weighted by molar-refractivity contribution is -0.123. The highest BCUT2D eigenvalue weighted by molar-refractivity contribution is 9.10. The molecule has 1 aliphatic rings. The molecule has 1 aliphatic heterocycles. The molecule has 0 saturated heterocycles. The van der Waals surface area contributed by atoms with Gasteiger partial charge < -0.3 is 5.32 Å². The second-order valence-electron chi connectivity index (χ2n) is 6.33. The van der Waals surface area contributed by atoms with Crippen LogP contribution in [0.25, 0.3) is 11.4 Å². The van der Waals surface area contributed by atoms with Crippen molar-refractivity contribution in [2.45, 2.75) is 19.4 Å². The summed E-state index contributed by atoms with van der Waals surface area (Å²) in [6, 6.07) is 14.3. The van der Waals surface area contributed by atoms with Crippen LogP contribution in [0.5, 0.6) is 0 Å². The first-order valence-electron chi connectivity index (χ1n) is 8.39. The summed E-state index contributed by atoms with van der Waals surface area (Å²) in [6.07, 6.45) is -0.0222. The molecule has 2 aromatic carbocycles. The molecule has 2 heterocycles. The lowest BCUT2D eigenvalue weighted by Gasteiger charge is -2.10. The Kier molecular flexibility index (Phi) is 4.49. The van der Waals surface area contributed by atoms with Gasteiger partial charge in [-0.2, -0.15) is 4.98 Å². The van der Waals surface area contributed by atoms with Crippen LogP contribution in [0, 0.1) is 6.92 Å². The van der Waals surface area contributed by atoms with Gasteiger partial charge in [0.1, 0.15) is 6.04 Å². The highest BCUT2D eigenvalue weighted by atomic mass is 79.9. The molecule has 3 aromatic rings. The molecule has 27 heavy (non-hydrogen) atoms. The number of aromatic nitrogens is 3. The molecule has 136 valence electrons. The first kappa shape index (κ1) is 17.4. The molecule has 0 bridgehead atoms. The van der Waals surface area contributed by atoms with Gasteiger partial charge in [0.25, 0.3) is 5.91 Å². The van der Waals surface area contributed by atoms with Gasteiger partial charge in [0, 0.05) is 15.7 Å². The van der Waals surface area contributed by atoms with Crippen LogP contribution >= 0.6 is 15.9 Å². The smallest absolute Gasteiger partial charge is 0.252 e. The molecule has 8 heteroatoms. The van der Waals surface area contributed by atoms with Crippen molar-refractivity contribution < 1.29 is 9.59 Å². The predicted octanol–water partition coefficient (Wildman–Crippen LogP) is 3.54.